The standard InChI is InChI=1S/C25H36N4O2/c1-24(2,3)8-11-29-12-9-25(10-13-29)15-19(25)16-28-23(27)7-5-20(26)18-4-6-21-22(14-18)31-17-30-21/h4-7,14,19,26H,8-13,15-17H2,1-3H3,(H2,27,28)/b7-5-,26-20?. The van der Waals surface area contributed by atoms with Crippen molar-refractivity contribution in [3.05, 3.63) is 35.9 Å². The zero-order chi connectivity index (χ0) is 22.1. The highest BCUT2D eigenvalue weighted by molar-refractivity contribution is 6.10. The van der Waals surface area contributed by atoms with Gasteiger partial charge in [0.05, 0.1) is 5.71 Å². The van der Waals surface area contributed by atoms with Crippen LogP contribution < -0.4 is 15.2 Å². The Bertz CT molecular complexity index is 876. The maximum atomic E-state index is 8.26. The van der Waals surface area contributed by atoms with Gasteiger partial charge in [-0.25, -0.2) is 0 Å². The third-order valence-corrected chi connectivity index (χ3v) is 6.99. The molecular weight excluding hydrogens is 388 g/mol. The molecule has 2 aliphatic heterocycles. The quantitative estimate of drug-likeness (QED) is 0.507. The number of piperidine rings is 1. The molecule has 1 aromatic carbocycles. The van der Waals surface area contributed by atoms with Gasteiger partial charge in [0.15, 0.2) is 11.5 Å². The first-order valence-corrected chi connectivity index (χ1v) is 11.4. The number of hydrogen-bond acceptors (Lipinski definition) is 5. The summed E-state index contributed by atoms with van der Waals surface area (Å²) in [6, 6.07) is 5.51. The van der Waals surface area contributed by atoms with Crippen molar-refractivity contribution in [3.63, 3.8) is 0 Å². The predicted molar refractivity (Wildman–Crippen MR) is 125 cm³/mol. The highest BCUT2D eigenvalue weighted by Gasteiger charge is 2.54. The molecule has 1 aliphatic carbocycles. The van der Waals surface area contributed by atoms with E-state index in [0.717, 1.165) is 17.9 Å². The summed E-state index contributed by atoms with van der Waals surface area (Å²) >= 11 is 0. The first-order chi connectivity index (χ1) is 14.7. The van der Waals surface area contributed by atoms with Crippen molar-refractivity contribution >= 4 is 11.5 Å². The fraction of sp³-hybridized carbons (Fsp3) is 0.600. The molecule has 0 radical (unpaired) electrons. The summed E-state index contributed by atoms with van der Waals surface area (Å²) in [7, 11) is 0. The van der Waals surface area contributed by atoms with Crippen LogP contribution in [0.5, 0.6) is 11.5 Å². The second-order valence-electron chi connectivity index (χ2n) is 10.5. The summed E-state index contributed by atoms with van der Waals surface area (Å²) in [6.45, 7) is 11.7. The summed E-state index contributed by atoms with van der Waals surface area (Å²) in [5.41, 5.74) is 8.17. The first-order valence-electron chi connectivity index (χ1n) is 11.4. The van der Waals surface area contributed by atoms with Gasteiger partial charge in [-0.15, -0.1) is 0 Å². The lowest BCUT2D eigenvalue weighted by Gasteiger charge is -2.34. The van der Waals surface area contributed by atoms with E-state index in [9.17, 15) is 0 Å². The highest BCUT2D eigenvalue weighted by atomic mass is 16.7. The Morgan fingerprint density at radius 3 is 2.71 bits per heavy atom. The molecule has 1 aromatic rings. The molecule has 2 heterocycles. The number of allylic oxidation sites excluding steroid dienone is 1. The van der Waals surface area contributed by atoms with Crippen LogP contribution in [-0.4, -0.2) is 49.4 Å². The zero-order valence-electron chi connectivity index (χ0n) is 19.1. The van der Waals surface area contributed by atoms with Crippen molar-refractivity contribution in [1.82, 2.24) is 4.90 Å². The molecule has 1 spiro atoms. The van der Waals surface area contributed by atoms with E-state index in [1.165, 1.54) is 45.3 Å². The number of hydrogen-bond donors (Lipinski definition) is 2. The van der Waals surface area contributed by atoms with Crippen molar-refractivity contribution in [2.75, 3.05) is 33.0 Å². The molecule has 0 bridgehead atoms. The van der Waals surface area contributed by atoms with Crippen molar-refractivity contribution < 1.29 is 9.47 Å². The molecule has 2 fully saturated rings. The number of nitrogens with two attached hydrogens (primary N) is 1. The number of fused-ring (bicyclic) bond motifs is 1. The molecule has 1 unspecified atom stereocenters. The van der Waals surface area contributed by atoms with Crippen molar-refractivity contribution in [3.8, 4) is 11.5 Å². The van der Waals surface area contributed by atoms with Crippen LogP contribution in [0.3, 0.4) is 0 Å². The molecule has 1 saturated carbocycles. The molecule has 4 rings (SSSR count). The molecular formula is C25H36N4O2. The third-order valence-electron chi connectivity index (χ3n) is 6.99. The number of aliphatic imine (C=N–C) groups is 1. The van der Waals surface area contributed by atoms with Crippen LogP contribution in [0, 0.1) is 22.2 Å². The third kappa shape index (κ3) is 5.48. The average molecular weight is 425 g/mol. The second-order valence-corrected chi connectivity index (χ2v) is 10.5. The van der Waals surface area contributed by atoms with Crippen LogP contribution in [0.1, 0.15) is 52.0 Å². The van der Waals surface area contributed by atoms with Gasteiger partial charge in [0.2, 0.25) is 6.79 Å². The van der Waals surface area contributed by atoms with Crippen molar-refractivity contribution in [2.24, 2.45) is 27.5 Å². The molecule has 31 heavy (non-hydrogen) atoms. The maximum Gasteiger partial charge on any atom is 0.231 e. The Morgan fingerprint density at radius 2 is 1.97 bits per heavy atom. The molecule has 6 nitrogen and oxygen atoms in total. The van der Waals surface area contributed by atoms with Crippen LogP contribution in [0.4, 0.5) is 0 Å². The Morgan fingerprint density at radius 1 is 1.23 bits per heavy atom. The van der Waals surface area contributed by atoms with Gasteiger partial charge in [0.1, 0.15) is 5.84 Å². The molecule has 168 valence electrons. The van der Waals surface area contributed by atoms with Crippen LogP contribution in [0.2, 0.25) is 0 Å². The van der Waals surface area contributed by atoms with Crippen molar-refractivity contribution in [2.45, 2.75) is 46.5 Å². The molecule has 1 saturated heterocycles. The van der Waals surface area contributed by atoms with E-state index in [1.807, 2.05) is 18.2 Å². The highest BCUT2D eigenvalue weighted by Crippen LogP contribution is 2.59. The van der Waals surface area contributed by atoms with Crippen LogP contribution in [0.25, 0.3) is 0 Å². The van der Waals surface area contributed by atoms with Crippen molar-refractivity contribution in [1.29, 1.82) is 5.41 Å². The number of amidine groups is 1. The van der Waals surface area contributed by atoms with Gasteiger partial charge >= 0.3 is 0 Å². The van der Waals surface area contributed by atoms with Gasteiger partial charge in [-0.1, -0.05) is 20.8 Å². The molecule has 3 N–H and O–H groups in total. The summed E-state index contributed by atoms with van der Waals surface area (Å²) < 4.78 is 10.7. The van der Waals surface area contributed by atoms with E-state index in [2.05, 4.69) is 30.7 Å². The SMILES string of the molecule is CC(C)(C)CCN1CCC2(CC1)CC2CN=C(N)/C=C\C(=N)c1ccc2c(c1)OCO2. The van der Waals surface area contributed by atoms with Crippen LogP contribution in [0.15, 0.2) is 35.3 Å². The molecule has 6 heteroatoms. The minimum atomic E-state index is 0.235. The Hall–Kier alpha value is -2.34. The molecule has 0 aromatic heterocycles. The Balaban J connectivity index is 1.22. The lowest BCUT2D eigenvalue weighted by atomic mass is 9.88. The predicted octanol–water partition coefficient (Wildman–Crippen LogP) is 4.23. The van der Waals surface area contributed by atoms with E-state index in [4.69, 9.17) is 20.6 Å². The number of benzene rings is 1. The number of likely N-dealkylation sites (tertiary alicyclic amines) is 1. The van der Waals surface area contributed by atoms with Gasteiger partial charge in [-0.05, 0) is 92.4 Å². The average Bonchev–Trinajstić information content (AvgIpc) is 3.18. The molecule has 1 atom stereocenters. The minimum absolute atomic E-state index is 0.235. The first kappa shape index (κ1) is 21.9. The monoisotopic (exact) mass is 424 g/mol. The zero-order valence-corrected chi connectivity index (χ0v) is 19.1. The Kier molecular flexibility index (Phi) is 6.11. The summed E-state index contributed by atoms with van der Waals surface area (Å²) in [5, 5.41) is 8.26. The number of nitrogens with one attached hydrogen (secondary N) is 1. The number of rotatable bonds is 7. The van der Waals surface area contributed by atoms with Crippen LogP contribution >= 0.6 is 0 Å². The maximum absolute atomic E-state index is 8.26. The lowest BCUT2D eigenvalue weighted by Crippen LogP contribution is -2.37. The Labute approximate surface area is 186 Å². The van der Waals surface area contributed by atoms with Gasteiger partial charge in [-0.2, -0.15) is 0 Å². The largest absolute Gasteiger partial charge is 0.454 e. The summed E-state index contributed by atoms with van der Waals surface area (Å²) in [5.74, 6) is 2.56. The van der Waals surface area contributed by atoms with Crippen LogP contribution in [-0.2, 0) is 0 Å². The smallest absolute Gasteiger partial charge is 0.231 e. The van der Waals surface area contributed by atoms with Gasteiger partial charge in [0, 0.05) is 12.1 Å². The number of nitrogens with zero attached hydrogens (tertiary/aromatic N) is 2. The van der Waals surface area contributed by atoms with Gasteiger partial charge < -0.3 is 25.5 Å². The van der Waals surface area contributed by atoms with E-state index >= 15 is 0 Å². The summed E-state index contributed by atoms with van der Waals surface area (Å²) in [4.78, 5) is 7.23. The normalized spacial score (nSPS) is 22.9. The minimum Gasteiger partial charge on any atom is -0.454 e. The lowest BCUT2D eigenvalue weighted by molar-refractivity contribution is 0.146. The van der Waals surface area contributed by atoms with E-state index in [1.54, 1.807) is 12.2 Å². The summed E-state index contributed by atoms with van der Waals surface area (Å²) in [6.07, 6.45) is 8.57. The van der Waals surface area contributed by atoms with Gasteiger partial charge in [-0.3, -0.25) is 4.99 Å². The van der Waals surface area contributed by atoms with Gasteiger partial charge in [0.25, 0.3) is 0 Å². The molecule has 0 amide bonds. The second kappa shape index (κ2) is 8.65. The number of ether oxygens (including phenoxy) is 2. The fourth-order valence-electron chi connectivity index (χ4n) is 4.62. The van der Waals surface area contributed by atoms with E-state index in [0.29, 0.717) is 34.0 Å². The topological polar surface area (TPSA) is 83.9 Å². The van der Waals surface area contributed by atoms with E-state index in [-0.39, 0.29) is 6.79 Å². The molecule has 3 aliphatic rings. The van der Waals surface area contributed by atoms with E-state index < -0.39 is 0 Å². The fourth-order valence-corrected chi connectivity index (χ4v) is 4.62.